The Labute approximate surface area is 158 Å². The molecule has 5 nitrogen and oxygen atoms in total. The molecule has 1 aromatic carbocycles. The van der Waals surface area contributed by atoms with Crippen LogP contribution in [0.3, 0.4) is 0 Å². The molecule has 0 amide bonds. The number of hydrogen-bond acceptors (Lipinski definition) is 3. The van der Waals surface area contributed by atoms with E-state index >= 15 is 0 Å². The molecule has 0 radical (unpaired) electrons. The number of aromatic nitrogens is 1. The van der Waals surface area contributed by atoms with Gasteiger partial charge in [-0.3, -0.25) is 9.59 Å². The number of hydrogen-bond donors (Lipinski definition) is 2. The molecule has 2 aromatic rings. The van der Waals surface area contributed by atoms with Crippen LogP contribution in [-0.2, 0) is 0 Å². The van der Waals surface area contributed by atoms with Crippen molar-refractivity contribution in [1.82, 2.24) is 4.98 Å². The first-order chi connectivity index (χ1) is 12.4. The molecule has 0 saturated carbocycles. The minimum atomic E-state index is -0.00370. The van der Waals surface area contributed by atoms with Gasteiger partial charge in [-0.05, 0) is 38.5 Å². The van der Waals surface area contributed by atoms with Crippen molar-refractivity contribution in [2.75, 3.05) is 37.6 Å². The van der Waals surface area contributed by atoms with Gasteiger partial charge in [0.25, 0.3) is 0 Å². The number of ketones is 2. The zero-order valence-corrected chi connectivity index (χ0v) is 16.2. The van der Waals surface area contributed by atoms with Gasteiger partial charge in [-0.2, -0.15) is 0 Å². The van der Waals surface area contributed by atoms with E-state index in [0.29, 0.717) is 17.8 Å². The first-order valence-electron chi connectivity index (χ1n) is 8.94. The largest absolute Gasteiger partial charge is 0.359 e. The Kier molecular flexibility index (Phi) is 5.49. The molecule has 138 valence electrons. The summed E-state index contributed by atoms with van der Waals surface area (Å²) in [6, 6.07) is 7.87. The van der Waals surface area contributed by atoms with E-state index in [9.17, 15) is 9.59 Å². The molecule has 1 fully saturated rings. The summed E-state index contributed by atoms with van der Waals surface area (Å²) >= 11 is 6.28. The molecule has 0 aliphatic carbocycles. The summed E-state index contributed by atoms with van der Waals surface area (Å²) in [4.78, 5) is 31.1. The summed E-state index contributed by atoms with van der Waals surface area (Å²) in [5.74, 6) is 0.0651. The van der Waals surface area contributed by atoms with E-state index in [0.717, 1.165) is 48.1 Å². The zero-order chi connectivity index (χ0) is 18.8. The van der Waals surface area contributed by atoms with Crippen LogP contribution in [0.15, 0.2) is 24.3 Å². The fourth-order valence-electron chi connectivity index (χ4n) is 3.82. The molecular weight excluding hydrogens is 350 g/mol. The van der Waals surface area contributed by atoms with Crippen LogP contribution in [-0.4, -0.2) is 49.3 Å². The maximum Gasteiger partial charge on any atom is 0.233 e. The Bertz CT molecular complexity index is 836. The predicted molar refractivity (Wildman–Crippen MR) is 104 cm³/mol. The Morgan fingerprint density at radius 1 is 1.19 bits per heavy atom. The number of anilines is 1. The lowest BCUT2D eigenvalue weighted by atomic mass is 10.1. The molecule has 3 rings (SSSR count). The summed E-state index contributed by atoms with van der Waals surface area (Å²) in [6.45, 7) is 9.17. The second kappa shape index (κ2) is 7.64. The summed E-state index contributed by atoms with van der Waals surface area (Å²) in [5, 5.41) is 0.765. The topological polar surface area (TPSA) is 57.6 Å². The van der Waals surface area contributed by atoms with Crippen molar-refractivity contribution in [1.29, 1.82) is 0 Å². The van der Waals surface area contributed by atoms with Crippen molar-refractivity contribution in [2.24, 2.45) is 0 Å². The highest BCUT2D eigenvalue weighted by Gasteiger charge is 2.26. The molecule has 1 saturated heterocycles. The molecule has 26 heavy (non-hydrogen) atoms. The summed E-state index contributed by atoms with van der Waals surface area (Å²) in [5.41, 5.74) is 3.83. The summed E-state index contributed by atoms with van der Waals surface area (Å²) < 4.78 is 0. The lowest BCUT2D eigenvalue weighted by Gasteiger charge is -2.33. The second-order valence-electron chi connectivity index (χ2n) is 6.97. The van der Waals surface area contributed by atoms with Crippen LogP contribution in [0.25, 0.3) is 0 Å². The number of rotatable bonds is 5. The first kappa shape index (κ1) is 18.7. The van der Waals surface area contributed by atoms with Crippen LogP contribution in [0.2, 0.25) is 5.02 Å². The standard InChI is InChI=1S/C20H24ClN3O2/c1-13-19(15(3)25)14(2)22-20(13)18(26)12-23-8-10-24(11-9-23)17-7-5-4-6-16(17)21/h4-7,22H,8-12H2,1-3H3/p+1. The van der Waals surface area contributed by atoms with Crippen molar-refractivity contribution in [3.05, 3.63) is 51.8 Å². The minimum absolute atomic E-state index is 0.00370. The van der Waals surface area contributed by atoms with Gasteiger partial charge in [0.15, 0.2) is 5.78 Å². The lowest BCUT2D eigenvalue weighted by molar-refractivity contribution is -0.892. The van der Waals surface area contributed by atoms with Crippen LogP contribution in [0, 0.1) is 13.8 Å². The quantitative estimate of drug-likeness (QED) is 0.788. The van der Waals surface area contributed by atoms with Crippen molar-refractivity contribution >= 4 is 28.9 Å². The third kappa shape index (κ3) is 3.69. The molecular formula is C20H25ClN3O2+. The SMILES string of the molecule is CC(=O)c1c(C)[nH]c(C(=O)C[NH+]2CCN(c3ccccc3Cl)CC2)c1C. The number of carbonyl (C=O) groups is 2. The van der Waals surface area contributed by atoms with Gasteiger partial charge in [0.2, 0.25) is 5.78 Å². The number of benzene rings is 1. The monoisotopic (exact) mass is 374 g/mol. The Balaban J connectivity index is 1.63. The number of para-hydroxylation sites is 1. The molecule has 0 atom stereocenters. The van der Waals surface area contributed by atoms with Crippen molar-refractivity contribution < 1.29 is 14.5 Å². The van der Waals surface area contributed by atoms with Gasteiger partial charge >= 0.3 is 0 Å². The van der Waals surface area contributed by atoms with E-state index < -0.39 is 0 Å². The maximum atomic E-state index is 12.7. The third-order valence-corrected chi connectivity index (χ3v) is 5.46. The van der Waals surface area contributed by atoms with E-state index in [1.54, 1.807) is 0 Å². The molecule has 6 heteroatoms. The van der Waals surface area contributed by atoms with Crippen LogP contribution in [0.4, 0.5) is 5.69 Å². The van der Waals surface area contributed by atoms with Crippen LogP contribution in [0.1, 0.15) is 39.0 Å². The van der Waals surface area contributed by atoms with Gasteiger partial charge in [-0.25, -0.2) is 0 Å². The number of halogens is 1. The smallest absolute Gasteiger partial charge is 0.233 e. The molecule has 1 aliphatic rings. The Hall–Kier alpha value is -2.11. The van der Waals surface area contributed by atoms with Gasteiger partial charge in [0.05, 0.1) is 42.6 Å². The number of nitrogens with one attached hydrogen (secondary N) is 2. The Morgan fingerprint density at radius 2 is 1.85 bits per heavy atom. The van der Waals surface area contributed by atoms with Gasteiger partial charge < -0.3 is 14.8 Å². The Morgan fingerprint density at radius 3 is 2.42 bits per heavy atom. The van der Waals surface area contributed by atoms with Gasteiger partial charge in [0, 0.05) is 11.3 Å². The van der Waals surface area contributed by atoms with E-state index in [4.69, 9.17) is 11.6 Å². The average Bonchev–Trinajstić information content (AvgIpc) is 2.91. The van der Waals surface area contributed by atoms with Gasteiger partial charge in [-0.15, -0.1) is 0 Å². The average molecular weight is 375 g/mol. The van der Waals surface area contributed by atoms with Crippen LogP contribution in [0.5, 0.6) is 0 Å². The molecule has 1 aliphatic heterocycles. The number of H-pyrrole nitrogens is 1. The zero-order valence-electron chi connectivity index (χ0n) is 15.5. The van der Waals surface area contributed by atoms with Crippen LogP contribution < -0.4 is 9.80 Å². The number of nitrogens with zero attached hydrogens (tertiary/aromatic N) is 1. The second-order valence-corrected chi connectivity index (χ2v) is 7.38. The van der Waals surface area contributed by atoms with Gasteiger partial charge in [0.1, 0.15) is 6.54 Å². The fraction of sp³-hybridized carbons (Fsp3) is 0.400. The predicted octanol–water partition coefficient (Wildman–Crippen LogP) is 2.08. The van der Waals surface area contributed by atoms with Gasteiger partial charge in [-0.1, -0.05) is 23.7 Å². The number of aryl methyl sites for hydroxylation is 1. The highest BCUT2D eigenvalue weighted by atomic mass is 35.5. The highest BCUT2D eigenvalue weighted by molar-refractivity contribution is 6.33. The van der Waals surface area contributed by atoms with E-state index in [2.05, 4.69) is 9.88 Å². The van der Waals surface area contributed by atoms with E-state index in [1.165, 1.54) is 11.8 Å². The molecule has 2 heterocycles. The number of carbonyl (C=O) groups excluding carboxylic acids is 2. The number of piperazine rings is 1. The molecule has 0 spiro atoms. The maximum absolute atomic E-state index is 12.7. The number of quaternary nitrogens is 1. The summed E-state index contributed by atoms with van der Waals surface area (Å²) in [6.07, 6.45) is 0. The van der Waals surface area contributed by atoms with Crippen molar-refractivity contribution in [2.45, 2.75) is 20.8 Å². The number of Topliss-reactive ketones (excluding diaryl/α,β-unsaturated/α-hetero) is 2. The van der Waals surface area contributed by atoms with Crippen LogP contribution >= 0.6 is 11.6 Å². The molecule has 0 bridgehead atoms. The van der Waals surface area contributed by atoms with E-state index in [-0.39, 0.29) is 11.6 Å². The first-order valence-corrected chi connectivity index (χ1v) is 9.32. The summed E-state index contributed by atoms with van der Waals surface area (Å²) in [7, 11) is 0. The molecule has 2 N–H and O–H groups in total. The highest BCUT2D eigenvalue weighted by Crippen LogP contribution is 2.24. The third-order valence-electron chi connectivity index (χ3n) is 5.14. The lowest BCUT2D eigenvalue weighted by Crippen LogP contribution is -3.15. The van der Waals surface area contributed by atoms with E-state index in [1.807, 2.05) is 38.1 Å². The number of aromatic amines is 1. The molecule has 1 aromatic heterocycles. The van der Waals surface area contributed by atoms with Crippen molar-refractivity contribution in [3.63, 3.8) is 0 Å². The van der Waals surface area contributed by atoms with Crippen molar-refractivity contribution in [3.8, 4) is 0 Å². The fourth-order valence-corrected chi connectivity index (χ4v) is 4.08. The normalized spacial score (nSPS) is 15.3. The molecule has 0 unspecified atom stereocenters. The minimum Gasteiger partial charge on any atom is -0.359 e.